The van der Waals surface area contributed by atoms with Crippen LogP contribution >= 0.6 is 0 Å². The minimum atomic E-state index is -0.333. The van der Waals surface area contributed by atoms with Crippen LogP contribution in [-0.2, 0) is 4.79 Å². The van der Waals surface area contributed by atoms with E-state index in [9.17, 15) is 4.79 Å². The molecule has 0 aliphatic carbocycles. The summed E-state index contributed by atoms with van der Waals surface area (Å²) in [6.45, 7) is 6.10. The molecule has 1 aliphatic heterocycles. The van der Waals surface area contributed by atoms with Gasteiger partial charge in [0.25, 0.3) is 0 Å². The maximum Gasteiger partial charge on any atom is 0.312 e. The maximum atomic E-state index is 12.4. The topological polar surface area (TPSA) is 102 Å². The lowest BCUT2D eigenvalue weighted by atomic mass is 10.0. The molecule has 7 heteroatoms. The number of nitrogens with one attached hydrogen (secondary N) is 1. The third-order valence-corrected chi connectivity index (χ3v) is 7.17. The van der Waals surface area contributed by atoms with Gasteiger partial charge in [-0.2, -0.15) is 0 Å². The van der Waals surface area contributed by atoms with Crippen LogP contribution in [0.5, 0.6) is 11.6 Å². The van der Waals surface area contributed by atoms with Gasteiger partial charge in [-0.15, -0.1) is 0 Å². The Labute approximate surface area is 225 Å². The number of esters is 1. The van der Waals surface area contributed by atoms with Gasteiger partial charge in [0.2, 0.25) is 5.88 Å². The summed E-state index contributed by atoms with van der Waals surface area (Å²) < 4.78 is 11.4. The highest BCUT2D eigenvalue weighted by Gasteiger charge is 2.18. The Morgan fingerprint density at radius 1 is 0.919 bits per heavy atom. The van der Waals surface area contributed by atoms with Crippen LogP contribution in [0.3, 0.4) is 0 Å². The predicted molar refractivity (Wildman–Crippen MR) is 152 cm³/mol. The first kappa shape index (κ1) is 31.1. The first-order chi connectivity index (χ1) is 18.1. The molecule has 1 aromatic heterocycles. The summed E-state index contributed by atoms with van der Waals surface area (Å²) in [5.74, 6) is -0.0196. The highest BCUT2D eigenvalue weighted by molar-refractivity contribution is 6.00. The predicted octanol–water partition coefficient (Wildman–Crippen LogP) is 7.01. The molecule has 37 heavy (non-hydrogen) atoms. The molecule has 0 amide bonds. The number of pyridine rings is 1. The summed E-state index contributed by atoms with van der Waals surface area (Å²) in [6.07, 6.45) is 23.1. The zero-order valence-electron chi connectivity index (χ0n) is 23.4. The van der Waals surface area contributed by atoms with Gasteiger partial charge in [0.05, 0.1) is 6.61 Å². The van der Waals surface area contributed by atoms with Gasteiger partial charge in [0.15, 0.2) is 0 Å². The third kappa shape index (κ3) is 13.8. The van der Waals surface area contributed by atoms with Crippen LogP contribution in [0.25, 0.3) is 0 Å². The number of piperidine rings is 1. The highest BCUT2D eigenvalue weighted by atomic mass is 16.5. The van der Waals surface area contributed by atoms with E-state index in [1.54, 1.807) is 12.3 Å². The van der Waals surface area contributed by atoms with E-state index >= 15 is 0 Å². The molecule has 0 bridgehead atoms. The van der Waals surface area contributed by atoms with Crippen molar-refractivity contribution in [3.05, 3.63) is 17.8 Å². The van der Waals surface area contributed by atoms with Crippen molar-refractivity contribution in [1.82, 2.24) is 9.88 Å². The van der Waals surface area contributed by atoms with E-state index in [1.807, 2.05) is 0 Å². The number of hydrogen-bond donors (Lipinski definition) is 2. The molecule has 1 saturated heterocycles. The number of nitrogens with two attached hydrogens (primary N) is 1. The number of nitrogen functional groups attached to an aromatic ring is 1. The summed E-state index contributed by atoms with van der Waals surface area (Å²) in [4.78, 5) is 19.0. The lowest BCUT2D eigenvalue weighted by molar-refractivity contribution is -0.134. The van der Waals surface area contributed by atoms with E-state index in [0.29, 0.717) is 18.8 Å². The molecule has 1 fully saturated rings. The van der Waals surface area contributed by atoms with Crippen molar-refractivity contribution in [3.8, 4) is 11.6 Å². The minimum absolute atomic E-state index is 0.0701. The lowest BCUT2D eigenvalue weighted by Crippen LogP contribution is -2.31. The summed E-state index contributed by atoms with van der Waals surface area (Å²) in [5.41, 5.74) is 6.06. The Hall–Kier alpha value is -2.15. The minimum Gasteiger partial charge on any atom is -0.493 e. The Morgan fingerprint density at radius 3 is 2.11 bits per heavy atom. The number of carbonyl (C=O) groups is 1. The van der Waals surface area contributed by atoms with E-state index < -0.39 is 0 Å². The molecular formula is C30H52N4O3. The Morgan fingerprint density at radius 2 is 1.51 bits per heavy atom. The van der Waals surface area contributed by atoms with E-state index in [0.717, 1.165) is 45.3 Å². The zero-order chi connectivity index (χ0) is 26.6. The van der Waals surface area contributed by atoms with E-state index in [4.69, 9.17) is 20.6 Å². The second-order valence-electron chi connectivity index (χ2n) is 10.5. The van der Waals surface area contributed by atoms with Gasteiger partial charge in [-0.3, -0.25) is 10.2 Å². The molecule has 0 atom stereocenters. The first-order valence-electron chi connectivity index (χ1n) is 15.0. The average molecular weight is 517 g/mol. The van der Waals surface area contributed by atoms with Gasteiger partial charge in [-0.25, -0.2) is 4.98 Å². The van der Waals surface area contributed by atoms with Crippen molar-refractivity contribution >= 4 is 11.8 Å². The molecule has 3 N–H and O–H groups in total. The lowest BCUT2D eigenvalue weighted by Gasteiger charge is -2.26. The smallest absolute Gasteiger partial charge is 0.312 e. The van der Waals surface area contributed by atoms with Crippen LogP contribution in [0.4, 0.5) is 0 Å². The average Bonchev–Trinajstić information content (AvgIpc) is 2.90. The van der Waals surface area contributed by atoms with Crippen LogP contribution in [0.15, 0.2) is 12.3 Å². The second-order valence-corrected chi connectivity index (χ2v) is 10.5. The normalized spacial score (nSPS) is 14.0. The van der Waals surface area contributed by atoms with Gasteiger partial charge in [-0.1, -0.05) is 90.4 Å². The fourth-order valence-electron chi connectivity index (χ4n) is 4.97. The van der Waals surface area contributed by atoms with Crippen molar-refractivity contribution < 1.29 is 14.3 Å². The first-order valence-corrected chi connectivity index (χ1v) is 15.0. The molecule has 2 heterocycles. The van der Waals surface area contributed by atoms with Gasteiger partial charge < -0.3 is 20.1 Å². The molecule has 1 aliphatic rings. The summed E-state index contributed by atoms with van der Waals surface area (Å²) >= 11 is 0. The largest absolute Gasteiger partial charge is 0.493 e. The van der Waals surface area contributed by atoms with Crippen LogP contribution in [0.1, 0.15) is 128 Å². The number of ether oxygens (including phenoxy) is 2. The molecular weight excluding hydrogens is 464 g/mol. The Bertz CT molecular complexity index is 765. The molecule has 0 spiro atoms. The van der Waals surface area contributed by atoms with Gasteiger partial charge in [-0.05, 0) is 44.8 Å². The summed E-state index contributed by atoms with van der Waals surface area (Å²) in [5, 5.41) is 7.97. The Kier molecular flexibility index (Phi) is 16.7. The molecule has 210 valence electrons. The van der Waals surface area contributed by atoms with Crippen molar-refractivity contribution in [2.24, 2.45) is 5.73 Å². The molecule has 7 nitrogen and oxygen atoms in total. The SMILES string of the molecule is CCCCCCCCCCCCCCCC(=O)Oc1nccc(OCCCN2CCCCC2)c1C(=N)N. The molecule has 0 unspecified atom stereocenters. The number of carbonyl (C=O) groups excluding carboxylic acids is 1. The van der Waals surface area contributed by atoms with Crippen LogP contribution in [-0.4, -0.2) is 47.9 Å². The van der Waals surface area contributed by atoms with E-state index in [-0.39, 0.29) is 23.2 Å². The second kappa shape index (κ2) is 19.9. The summed E-state index contributed by atoms with van der Waals surface area (Å²) in [7, 11) is 0. The van der Waals surface area contributed by atoms with Crippen LogP contribution in [0.2, 0.25) is 0 Å². The molecule has 2 rings (SSSR count). The number of hydrogen-bond acceptors (Lipinski definition) is 6. The van der Waals surface area contributed by atoms with Crippen LogP contribution in [0, 0.1) is 5.41 Å². The molecule has 1 aromatic rings. The zero-order valence-corrected chi connectivity index (χ0v) is 23.4. The maximum absolute atomic E-state index is 12.4. The van der Waals surface area contributed by atoms with Gasteiger partial charge in [0.1, 0.15) is 17.1 Å². The fraction of sp³-hybridized carbons (Fsp3) is 0.767. The number of aromatic nitrogens is 1. The van der Waals surface area contributed by atoms with Gasteiger partial charge in [0, 0.05) is 19.2 Å². The van der Waals surface area contributed by atoms with Crippen LogP contribution < -0.4 is 15.2 Å². The van der Waals surface area contributed by atoms with E-state index in [2.05, 4.69) is 16.8 Å². The molecule has 0 aromatic carbocycles. The Balaban J connectivity index is 1.60. The molecule has 0 radical (unpaired) electrons. The van der Waals surface area contributed by atoms with Gasteiger partial charge >= 0.3 is 5.97 Å². The monoisotopic (exact) mass is 516 g/mol. The standard InChI is InChI=1S/C30H52N4O3/c1-2-3-4-5-6-7-8-9-10-11-12-13-15-19-27(35)37-30-28(29(31)32)26(20-21-33-30)36-25-18-24-34-22-16-14-17-23-34/h20-21H,2-19,22-25H2,1H3,(H3,31,32). The number of nitrogens with zero attached hydrogens (tertiary/aromatic N) is 2. The van der Waals surface area contributed by atoms with Crippen molar-refractivity contribution in [1.29, 1.82) is 5.41 Å². The summed E-state index contributed by atoms with van der Waals surface area (Å²) in [6, 6.07) is 1.68. The van der Waals surface area contributed by atoms with Crippen molar-refractivity contribution in [2.45, 2.75) is 122 Å². The number of rotatable bonds is 21. The van der Waals surface area contributed by atoms with Crippen molar-refractivity contribution in [3.63, 3.8) is 0 Å². The number of unbranched alkanes of at least 4 members (excludes halogenated alkanes) is 12. The number of likely N-dealkylation sites (tertiary alicyclic amines) is 1. The fourth-order valence-corrected chi connectivity index (χ4v) is 4.97. The van der Waals surface area contributed by atoms with Crippen molar-refractivity contribution in [2.75, 3.05) is 26.2 Å². The number of amidine groups is 1. The molecule has 0 saturated carbocycles. The highest BCUT2D eigenvalue weighted by Crippen LogP contribution is 2.26. The van der Waals surface area contributed by atoms with E-state index in [1.165, 1.54) is 83.5 Å². The third-order valence-electron chi connectivity index (χ3n) is 7.17. The quantitative estimate of drug-likeness (QED) is 0.0789.